The third-order valence-electron chi connectivity index (χ3n) is 6.53. The Morgan fingerprint density at radius 3 is 2.33 bits per heavy atom. The van der Waals surface area contributed by atoms with Gasteiger partial charge in [0, 0.05) is 25.7 Å². The van der Waals surface area contributed by atoms with Crippen LogP contribution in [0.1, 0.15) is 39.2 Å². The van der Waals surface area contributed by atoms with Crippen molar-refractivity contribution < 1.29 is 9.90 Å². The number of aromatic hydroxyl groups is 1. The van der Waals surface area contributed by atoms with E-state index in [1.807, 2.05) is 6.92 Å². The Kier molecular flexibility index (Phi) is 3.41. The van der Waals surface area contributed by atoms with Crippen molar-refractivity contribution >= 4 is 12.0 Å². The Bertz CT molecular complexity index is 877. The summed E-state index contributed by atoms with van der Waals surface area (Å²) in [5, 5.41) is 10.1. The molecule has 0 radical (unpaired) electrons. The lowest BCUT2D eigenvalue weighted by Crippen LogP contribution is -2.39. The maximum atomic E-state index is 12.8. The van der Waals surface area contributed by atoms with Crippen molar-refractivity contribution in [3.05, 3.63) is 26.4 Å². The monoisotopic (exact) mass is 333 g/mol. The van der Waals surface area contributed by atoms with Crippen molar-refractivity contribution in [3.63, 3.8) is 0 Å². The average Bonchev–Trinajstić information content (AvgIpc) is 2.84. The van der Waals surface area contributed by atoms with E-state index in [1.165, 1.54) is 20.3 Å². The minimum Gasteiger partial charge on any atom is -0.494 e. The Labute approximate surface area is 139 Å². The first kappa shape index (κ1) is 16.7. The van der Waals surface area contributed by atoms with Gasteiger partial charge in [0.25, 0.3) is 5.56 Å². The van der Waals surface area contributed by atoms with Gasteiger partial charge in [-0.1, -0.05) is 20.8 Å². The minimum atomic E-state index is -0.625. The quantitative estimate of drug-likeness (QED) is 0.802. The molecule has 2 fully saturated rings. The van der Waals surface area contributed by atoms with Gasteiger partial charge in [-0.15, -0.1) is 0 Å². The van der Waals surface area contributed by atoms with Crippen LogP contribution in [0.15, 0.2) is 14.6 Å². The summed E-state index contributed by atoms with van der Waals surface area (Å²) in [5.41, 5.74) is -1.84. The molecule has 0 spiro atoms. The number of rotatable bonds is 2. The summed E-state index contributed by atoms with van der Waals surface area (Å²) in [6.07, 6.45) is 3.04. The third-order valence-corrected chi connectivity index (χ3v) is 6.53. The summed E-state index contributed by atoms with van der Waals surface area (Å²) in [6.45, 7) is 6.19. The fourth-order valence-corrected chi connectivity index (χ4v) is 4.34. The molecule has 2 bridgehead atoms. The van der Waals surface area contributed by atoms with E-state index in [0.717, 1.165) is 22.0 Å². The predicted molar refractivity (Wildman–Crippen MR) is 89.6 cm³/mol. The van der Waals surface area contributed by atoms with Crippen LogP contribution in [-0.2, 0) is 18.9 Å². The second-order valence-corrected chi connectivity index (χ2v) is 7.73. The second-order valence-electron chi connectivity index (χ2n) is 7.73. The van der Waals surface area contributed by atoms with Crippen LogP contribution in [0.3, 0.4) is 0 Å². The summed E-state index contributed by atoms with van der Waals surface area (Å²) in [6, 6.07) is -0.500. The van der Waals surface area contributed by atoms with Crippen LogP contribution >= 0.6 is 0 Å². The van der Waals surface area contributed by atoms with Crippen molar-refractivity contribution in [2.75, 3.05) is 0 Å². The highest BCUT2D eigenvalue weighted by atomic mass is 16.3. The van der Waals surface area contributed by atoms with Gasteiger partial charge in [0.1, 0.15) is 11.6 Å². The van der Waals surface area contributed by atoms with E-state index in [-0.39, 0.29) is 22.7 Å². The number of fused-ring (bicyclic) bond motifs is 2. The SMILES string of the molecule is Cn1c(O)c(C=N[C@@H]2C(=O)[C@@]3(C)CC[C@H]2C3(C)C)c(=O)n(C)c1=O. The zero-order valence-corrected chi connectivity index (χ0v) is 14.7. The molecule has 24 heavy (non-hydrogen) atoms. The molecule has 2 aliphatic rings. The highest BCUT2D eigenvalue weighted by Crippen LogP contribution is 2.64. The molecular formula is C17H23N3O4. The number of carbonyl (C=O) groups excluding carboxylic acids is 1. The minimum absolute atomic E-state index is 0.0712. The maximum absolute atomic E-state index is 12.8. The van der Waals surface area contributed by atoms with Gasteiger partial charge in [0.2, 0.25) is 5.88 Å². The highest BCUT2D eigenvalue weighted by molar-refractivity contribution is 5.96. The molecule has 0 aromatic carbocycles. The molecule has 0 unspecified atom stereocenters. The molecule has 1 aromatic heterocycles. The van der Waals surface area contributed by atoms with Gasteiger partial charge >= 0.3 is 5.69 Å². The van der Waals surface area contributed by atoms with E-state index in [1.54, 1.807) is 0 Å². The van der Waals surface area contributed by atoms with Crippen molar-refractivity contribution in [3.8, 4) is 5.88 Å². The van der Waals surface area contributed by atoms with E-state index in [9.17, 15) is 19.5 Å². The van der Waals surface area contributed by atoms with Gasteiger partial charge in [0.15, 0.2) is 5.78 Å². The first-order chi connectivity index (χ1) is 11.0. The predicted octanol–water partition coefficient (Wildman–Crippen LogP) is 0.602. The van der Waals surface area contributed by atoms with Gasteiger partial charge in [-0.25, -0.2) is 4.79 Å². The molecule has 7 heteroatoms. The molecule has 7 nitrogen and oxygen atoms in total. The number of aromatic nitrogens is 2. The molecule has 0 amide bonds. The Hall–Kier alpha value is -2.18. The van der Waals surface area contributed by atoms with Crippen molar-refractivity contribution in [2.24, 2.45) is 35.8 Å². The molecular weight excluding hydrogens is 310 g/mol. The molecule has 0 aliphatic heterocycles. The topological polar surface area (TPSA) is 93.7 Å². The lowest BCUT2D eigenvalue weighted by atomic mass is 9.70. The van der Waals surface area contributed by atoms with Crippen molar-refractivity contribution in [1.82, 2.24) is 9.13 Å². The molecule has 0 saturated heterocycles. The summed E-state index contributed by atoms with van der Waals surface area (Å²) in [7, 11) is 2.72. The molecule has 130 valence electrons. The summed E-state index contributed by atoms with van der Waals surface area (Å²) in [5.74, 6) is -0.209. The van der Waals surface area contributed by atoms with Crippen LogP contribution in [0.4, 0.5) is 0 Å². The number of ketones is 1. The number of Topliss-reactive ketones (excluding diaryl/α,β-unsaturated/α-hetero) is 1. The Morgan fingerprint density at radius 1 is 1.17 bits per heavy atom. The first-order valence-electron chi connectivity index (χ1n) is 8.10. The molecule has 3 atom stereocenters. The zero-order chi connectivity index (χ0) is 18.0. The number of hydrogen-bond acceptors (Lipinski definition) is 5. The molecule has 2 saturated carbocycles. The summed E-state index contributed by atoms with van der Waals surface area (Å²) < 4.78 is 1.89. The van der Waals surface area contributed by atoms with Crippen LogP contribution in [-0.4, -0.2) is 32.3 Å². The number of hydrogen-bond donors (Lipinski definition) is 1. The van der Waals surface area contributed by atoms with Gasteiger partial charge < -0.3 is 5.11 Å². The number of aliphatic imine (C=N–C) groups is 1. The van der Waals surface area contributed by atoms with E-state index in [4.69, 9.17) is 0 Å². The van der Waals surface area contributed by atoms with Crippen molar-refractivity contribution in [1.29, 1.82) is 0 Å². The smallest absolute Gasteiger partial charge is 0.333 e. The fourth-order valence-electron chi connectivity index (χ4n) is 4.34. The lowest BCUT2D eigenvalue weighted by Gasteiger charge is -2.31. The molecule has 1 heterocycles. The largest absolute Gasteiger partial charge is 0.494 e. The van der Waals surface area contributed by atoms with Crippen LogP contribution in [0, 0.1) is 16.7 Å². The molecule has 1 N–H and O–H groups in total. The Balaban J connectivity index is 2.04. The first-order valence-corrected chi connectivity index (χ1v) is 8.10. The summed E-state index contributed by atoms with van der Waals surface area (Å²) in [4.78, 5) is 41.1. The van der Waals surface area contributed by atoms with Gasteiger partial charge in [-0.2, -0.15) is 0 Å². The maximum Gasteiger partial charge on any atom is 0.333 e. The van der Waals surface area contributed by atoms with Crippen LogP contribution in [0.25, 0.3) is 0 Å². The van der Waals surface area contributed by atoms with Gasteiger partial charge in [0.05, 0.1) is 0 Å². The zero-order valence-electron chi connectivity index (χ0n) is 14.7. The van der Waals surface area contributed by atoms with Crippen LogP contribution < -0.4 is 11.2 Å². The fraction of sp³-hybridized carbons (Fsp3) is 0.647. The molecule has 1 aromatic rings. The highest BCUT2D eigenvalue weighted by Gasteiger charge is 2.66. The van der Waals surface area contributed by atoms with Crippen LogP contribution in [0.2, 0.25) is 0 Å². The molecule has 3 rings (SSSR count). The second kappa shape index (κ2) is 4.91. The van der Waals surface area contributed by atoms with Crippen LogP contribution in [0.5, 0.6) is 5.88 Å². The normalized spacial score (nSPS) is 31.3. The standard InChI is InChI=1S/C17H23N3O4/c1-16(2)10-6-7-17(16,3)12(21)11(10)18-8-9-13(22)19(4)15(24)20(5)14(9)23/h8,10-11,22H,6-7H2,1-5H3/t10-,11+,17-/m1/s1. The average molecular weight is 333 g/mol. The van der Waals surface area contributed by atoms with E-state index < -0.39 is 28.6 Å². The lowest BCUT2D eigenvalue weighted by molar-refractivity contribution is -0.129. The third kappa shape index (κ3) is 1.84. The number of nitrogens with zero attached hydrogens (tertiary/aromatic N) is 3. The summed E-state index contributed by atoms with van der Waals surface area (Å²) >= 11 is 0. The van der Waals surface area contributed by atoms with E-state index in [0.29, 0.717) is 0 Å². The number of carbonyl (C=O) groups is 1. The van der Waals surface area contributed by atoms with E-state index >= 15 is 0 Å². The molecule has 2 aliphatic carbocycles. The van der Waals surface area contributed by atoms with Crippen molar-refractivity contribution in [2.45, 2.75) is 39.7 Å². The van der Waals surface area contributed by atoms with Gasteiger partial charge in [-0.3, -0.25) is 23.7 Å². The van der Waals surface area contributed by atoms with Gasteiger partial charge in [-0.05, 0) is 24.2 Å². The van der Waals surface area contributed by atoms with E-state index in [2.05, 4.69) is 18.8 Å². The Morgan fingerprint density at radius 2 is 1.79 bits per heavy atom.